The van der Waals surface area contributed by atoms with E-state index in [1.807, 2.05) is 24.3 Å². The summed E-state index contributed by atoms with van der Waals surface area (Å²) < 4.78 is 11.4. The van der Waals surface area contributed by atoms with Gasteiger partial charge in [0.05, 0.1) is 5.39 Å². The molecule has 0 spiro atoms. The van der Waals surface area contributed by atoms with Crippen LogP contribution in [0.3, 0.4) is 0 Å². The molecule has 0 atom stereocenters. The first-order valence-corrected chi connectivity index (χ1v) is 9.20. The van der Waals surface area contributed by atoms with E-state index in [-0.39, 0.29) is 22.4 Å². The lowest BCUT2D eigenvalue weighted by Gasteiger charge is -2.19. The zero-order valence-corrected chi connectivity index (χ0v) is 16.8. The largest absolute Gasteiger partial charge is 0.452 e. The van der Waals surface area contributed by atoms with Crippen LogP contribution in [0.25, 0.3) is 22.3 Å². The monoisotopic (exact) mass is 376 g/mol. The van der Waals surface area contributed by atoms with Crippen molar-refractivity contribution in [3.8, 4) is 17.1 Å². The average molecular weight is 376 g/mol. The summed E-state index contributed by atoms with van der Waals surface area (Å²) in [5.74, 6) is -0.445. The van der Waals surface area contributed by atoms with Crippen LogP contribution in [0.4, 0.5) is 0 Å². The van der Waals surface area contributed by atoms with Crippen molar-refractivity contribution in [2.45, 2.75) is 40.0 Å². The maximum Gasteiger partial charge on any atom is 0.336 e. The van der Waals surface area contributed by atoms with Crippen LogP contribution >= 0.6 is 0 Å². The van der Waals surface area contributed by atoms with Gasteiger partial charge in [0.1, 0.15) is 5.58 Å². The first-order valence-electron chi connectivity index (χ1n) is 9.20. The molecule has 0 bridgehead atoms. The van der Waals surface area contributed by atoms with Crippen molar-refractivity contribution in [3.63, 3.8) is 0 Å². The molecule has 0 radical (unpaired) electrons. The van der Waals surface area contributed by atoms with Crippen LogP contribution in [-0.2, 0) is 10.2 Å². The van der Waals surface area contributed by atoms with E-state index in [0.717, 1.165) is 11.1 Å². The van der Waals surface area contributed by atoms with E-state index >= 15 is 0 Å². The number of carbonyl (C=O) groups excluding carboxylic acids is 1. The molecule has 2 aromatic carbocycles. The third kappa shape index (κ3) is 4.06. The molecular formula is C24H24O4. The Morgan fingerprint density at radius 2 is 1.64 bits per heavy atom. The van der Waals surface area contributed by atoms with Crippen LogP contribution in [-0.4, -0.2) is 5.97 Å². The number of esters is 1. The van der Waals surface area contributed by atoms with Crippen molar-refractivity contribution in [3.05, 3.63) is 76.0 Å². The van der Waals surface area contributed by atoms with Gasteiger partial charge in [-0.3, -0.25) is 4.79 Å². The van der Waals surface area contributed by atoms with E-state index < -0.39 is 5.97 Å². The van der Waals surface area contributed by atoms with Crippen molar-refractivity contribution in [2.24, 2.45) is 0 Å². The van der Waals surface area contributed by atoms with Crippen LogP contribution < -0.4 is 10.2 Å². The van der Waals surface area contributed by atoms with Crippen LogP contribution in [0, 0.1) is 0 Å². The standard InChI is InChI=1S/C24H24O4/c1-15(2)14-20(25)28-23-21(26)18-8-6-7-9-19(18)27-22(23)16-10-12-17(13-11-16)24(3,4)5/h6-14H,1-5H3. The highest BCUT2D eigenvalue weighted by molar-refractivity contribution is 5.88. The number of para-hydroxylation sites is 1. The molecule has 0 fully saturated rings. The van der Waals surface area contributed by atoms with E-state index in [2.05, 4.69) is 20.8 Å². The average Bonchev–Trinajstić information content (AvgIpc) is 2.63. The normalized spacial score (nSPS) is 11.3. The maximum atomic E-state index is 13.0. The van der Waals surface area contributed by atoms with E-state index in [0.29, 0.717) is 16.5 Å². The van der Waals surface area contributed by atoms with Crippen LogP contribution in [0.1, 0.15) is 40.2 Å². The van der Waals surface area contributed by atoms with Gasteiger partial charge in [0, 0.05) is 11.6 Å². The highest BCUT2D eigenvalue weighted by atomic mass is 16.5. The van der Waals surface area contributed by atoms with E-state index in [9.17, 15) is 9.59 Å². The fourth-order valence-corrected chi connectivity index (χ4v) is 2.90. The molecule has 3 rings (SSSR count). The Labute approximate surface area is 164 Å². The molecule has 1 heterocycles. The number of rotatable bonds is 3. The molecule has 28 heavy (non-hydrogen) atoms. The number of ether oxygens (including phenoxy) is 1. The van der Waals surface area contributed by atoms with Crippen LogP contribution in [0.5, 0.6) is 5.75 Å². The van der Waals surface area contributed by atoms with Crippen LogP contribution in [0.15, 0.2) is 69.4 Å². The van der Waals surface area contributed by atoms with E-state index in [4.69, 9.17) is 9.15 Å². The Balaban J connectivity index is 2.19. The van der Waals surface area contributed by atoms with Crippen molar-refractivity contribution >= 4 is 16.9 Å². The lowest BCUT2D eigenvalue weighted by molar-refractivity contribution is -0.129. The predicted octanol–water partition coefficient (Wildman–Crippen LogP) is 5.63. The second-order valence-corrected chi connectivity index (χ2v) is 8.06. The third-order valence-electron chi connectivity index (χ3n) is 4.38. The molecular weight excluding hydrogens is 352 g/mol. The van der Waals surface area contributed by atoms with Crippen molar-refractivity contribution < 1.29 is 13.9 Å². The van der Waals surface area contributed by atoms with Crippen molar-refractivity contribution in [1.29, 1.82) is 0 Å². The summed E-state index contributed by atoms with van der Waals surface area (Å²) in [4.78, 5) is 25.2. The number of benzene rings is 2. The third-order valence-corrected chi connectivity index (χ3v) is 4.38. The summed E-state index contributed by atoms with van der Waals surface area (Å²) in [5, 5.41) is 0.373. The van der Waals surface area contributed by atoms with Gasteiger partial charge in [-0.25, -0.2) is 4.79 Å². The number of hydrogen-bond acceptors (Lipinski definition) is 4. The summed E-state index contributed by atoms with van der Waals surface area (Å²) in [5.41, 5.74) is 2.70. The van der Waals surface area contributed by atoms with Gasteiger partial charge in [0.15, 0.2) is 5.76 Å². The highest BCUT2D eigenvalue weighted by Crippen LogP contribution is 2.32. The highest BCUT2D eigenvalue weighted by Gasteiger charge is 2.21. The Kier molecular flexibility index (Phi) is 5.23. The molecule has 0 unspecified atom stereocenters. The summed E-state index contributed by atoms with van der Waals surface area (Å²) in [7, 11) is 0. The summed E-state index contributed by atoms with van der Waals surface area (Å²) >= 11 is 0. The van der Waals surface area contributed by atoms with Gasteiger partial charge >= 0.3 is 5.97 Å². The zero-order chi connectivity index (χ0) is 20.5. The van der Waals surface area contributed by atoms with Gasteiger partial charge in [0.2, 0.25) is 11.2 Å². The molecule has 0 N–H and O–H groups in total. The number of carbonyl (C=O) groups is 1. The Bertz CT molecular complexity index is 1110. The van der Waals surface area contributed by atoms with Gasteiger partial charge in [-0.15, -0.1) is 0 Å². The van der Waals surface area contributed by atoms with Crippen molar-refractivity contribution in [1.82, 2.24) is 0 Å². The minimum Gasteiger partial charge on any atom is -0.452 e. The molecule has 0 saturated heterocycles. The van der Waals surface area contributed by atoms with Gasteiger partial charge in [-0.05, 0) is 37.0 Å². The molecule has 4 nitrogen and oxygen atoms in total. The summed E-state index contributed by atoms with van der Waals surface area (Å²) in [6.45, 7) is 9.97. The summed E-state index contributed by atoms with van der Waals surface area (Å²) in [6.07, 6.45) is 1.35. The van der Waals surface area contributed by atoms with Crippen molar-refractivity contribution in [2.75, 3.05) is 0 Å². The Morgan fingerprint density at radius 1 is 1.00 bits per heavy atom. The molecule has 3 aromatic rings. The second-order valence-electron chi connectivity index (χ2n) is 8.06. The quantitative estimate of drug-likeness (QED) is 0.439. The minimum absolute atomic E-state index is 0.00148. The Morgan fingerprint density at radius 3 is 2.25 bits per heavy atom. The minimum atomic E-state index is -0.602. The van der Waals surface area contributed by atoms with Crippen LogP contribution in [0.2, 0.25) is 0 Å². The SMILES string of the molecule is CC(C)=CC(=O)Oc1c(-c2ccc(C(C)(C)C)cc2)oc2ccccc2c1=O. The number of allylic oxidation sites excluding steroid dienone is 1. The smallest absolute Gasteiger partial charge is 0.336 e. The molecule has 1 aromatic heterocycles. The van der Waals surface area contributed by atoms with E-state index in [1.165, 1.54) is 6.08 Å². The summed E-state index contributed by atoms with van der Waals surface area (Å²) in [6, 6.07) is 14.7. The first-order chi connectivity index (χ1) is 13.2. The zero-order valence-electron chi connectivity index (χ0n) is 16.8. The van der Waals surface area contributed by atoms with Gasteiger partial charge in [-0.2, -0.15) is 0 Å². The van der Waals surface area contributed by atoms with E-state index in [1.54, 1.807) is 38.1 Å². The lowest BCUT2D eigenvalue weighted by Crippen LogP contribution is -2.15. The molecule has 0 aliphatic heterocycles. The number of hydrogen-bond donors (Lipinski definition) is 0. The fourth-order valence-electron chi connectivity index (χ4n) is 2.90. The Hall–Kier alpha value is -3.14. The first kappa shape index (κ1) is 19.6. The molecule has 0 amide bonds. The molecule has 0 saturated carbocycles. The molecule has 4 heteroatoms. The maximum absolute atomic E-state index is 13.0. The molecule has 0 aliphatic rings. The lowest BCUT2D eigenvalue weighted by atomic mass is 9.86. The second kappa shape index (κ2) is 7.47. The van der Waals surface area contributed by atoms with Gasteiger partial charge in [-0.1, -0.05) is 62.7 Å². The van der Waals surface area contributed by atoms with Gasteiger partial charge < -0.3 is 9.15 Å². The van der Waals surface area contributed by atoms with Gasteiger partial charge in [0.25, 0.3) is 0 Å². The molecule has 144 valence electrons. The topological polar surface area (TPSA) is 56.5 Å². The fraction of sp³-hybridized carbons (Fsp3) is 0.250. The predicted molar refractivity (Wildman–Crippen MR) is 112 cm³/mol. The molecule has 0 aliphatic carbocycles. The number of fused-ring (bicyclic) bond motifs is 1.